The summed E-state index contributed by atoms with van der Waals surface area (Å²) in [5, 5.41) is 0.805. The summed E-state index contributed by atoms with van der Waals surface area (Å²) in [5.74, 6) is 0. The molecule has 4 rings (SSSR count). The Kier molecular flexibility index (Phi) is 4.61. The summed E-state index contributed by atoms with van der Waals surface area (Å²) in [7, 11) is 0. The van der Waals surface area contributed by atoms with Crippen molar-refractivity contribution >= 4 is 30.2 Å². The summed E-state index contributed by atoms with van der Waals surface area (Å²) < 4.78 is 19.3. The second kappa shape index (κ2) is 6.24. The number of halogens is 1. The predicted molar refractivity (Wildman–Crippen MR) is 77.9 cm³/mol. The van der Waals surface area contributed by atoms with E-state index in [9.17, 15) is 0 Å². The Morgan fingerprint density at radius 3 is 2.26 bits per heavy atom. The van der Waals surface area contributed by atoms with E-state index in [-0.39, 0.29) is 0 Å². The number of rotatable bonds is 2. The Morgan fingerprint density at radius 2 is 1.68 bits per heavy atom. The number of nitrogens with zero attached hydrogens (tertiary/aromatic N) is 1. The third-order valence-electron chi connectivity index (χ3n) is 3.50. The summed E-state index contributed by atoms with van der Waals surface area (Å²) in [5.41, 5.74) is 1.23. The van der Waals surface area contributed by atoms with Crippen molar-refractivity contribution in [2.45, 2.75) is 5.25 Å². The van der Waals surface area contributed by atoms with Crippen LogP contribution in [0.1, 0.15) is 5.56 Å². The SMILES string of the molecule is Brc1cccc([CH2][Ge]23[O]CCN(CC[O]2)CC[O]3)c1. The maximum atomic E-state index is 6.07. The second-order valence-electron chi connectivity index (χ2n) is 4.88. The van der Waals surface area contributed by atoms with Crippen LogP contribution in [0.4, 0.5) is 0 Å². The maximum absolute atomic E-state index is 6.07. The third-order valence-corrected chi connectivity index (χ3v) is 9.81. The quantitative estimate of drug-likeness (QED) is 0.724. The van der Waals surface area contributed by atoms with Gasteiger partial charge in [0.05, 0.1) is 0 Å². The Hall–Kier alpha value is 0.0829. The number of benzene rings is 1. The normalized spacial score (nSPS) is 31.5. The molecule has 4 nitrogen and oxygen atoms in total. The van der Waals surface area contributed by atoms with Crippen molar-refractivity contribution in [3.8, 4) is 0 Å². The van der Waals surface area contributed by atoms with E-state index in [4.69, 9.17) is 11.3 Å². The zero-order chi connectivity index (χ0) is 13.1. The van der Waals surface area contributed by atoms with Gasteiger partial charge in [-0.1, -0.05) is 0 Å². The van der Waals surface area contributed by atoms with Crippen LogP contribution in [-0.2, 0) is 16.5 Å². The summed E-state index contributed by atoms with van der Waals surface area (Å²) in [6, 6.07) is 8.32. The van der Waals surface area contributed by atoms with Gasteiger partial charge in [0, 0.05) is 0 Å². The van der Waals surface area contributed by atoms with E-state index in [2.05, 4.69) is 33.0 Å². The first-order valence-electron chi connectivity index (χ1n) is 6.64. The fourth-order valence-corrected chi connectivity index (χ4v) is 8.16. The molecule has 0 atom stereocenters. The van der Waals surface area contributed by atoms with E-state index in [1.54, 1.807) is 0 Å². The van der Waals surface area contributed by atoms with Crippen molar-refractivity contribution in [1.82, 2.24) is 4.90 Å². The molecule has 1 aromatic rings. The molecule has 104 valence electrons. The standard InChI is InChI=1S/C13H18BrGeNO3/c14-13-3-1-2-12(10-13)11-15-17-7-4-16(5-8-18-15)6-9-19-15/h1-3,10H,4-9,11H2. The van der Waals surface area contributed by atoms with Gasteiger partial charge in [-0.3, -0.25) is 0 Å². The molecule has 0 aromatic heterocycles. The topological polar surface area (TPSA) is 30.9 Å². The van der Waals surface area contributed by atoms with Gasteiger partial charge < -0.3 is 0 Å². The average Bonchev–Trinajstić information content (AvgIpc) is 2.30. The summed E-state index contributed by atoms with van der Waals surface area (Å²) in [6.07, 6.45) is 0. The Labute approximate surface area is 125 Å². The Morgan fingerprint density at radius 1 is 1.05 bits per heavy atom. The summed E-state index contributed by atoms with van der Waals surface area (Å²) >= 11 is 0.402. The van der Waals surface area contributed by atoms with Gasteiger partial charge in [-0.15, -0.1) is 0 Å². The fraction of sp³-hybridized carbons (Fsp3) is 0.538. The van der Waals surface area contributed by atoms with Crippen LogP contribution in [0.15, 0.2) is 28.7 Å². The van der Waals surface area contributed by atoms with E-state index >= 15 is 0 Å². The van der Waals surface area contributed by atoms with Gasteiger partial charge in [-0.05, 0) is 0 Å². The van der Waals surface area contributed by atoms with E-state index in [0.717, 1.165) is 49.2 Å². The van der Waals surface area contributed by atoms with Crippen LogP contribution < -0.4 is 0 Å². The average molecular weight is 389 g/mol. The zero-order valence-corrected chi connectivity index (χ0v) is 14.5. The van der Waals surface area contributed by atoms with Gasteiger partial charge >= 0.3 is 125 Å². The minimum atomic E-state index is -3.11. The van der Waals surface area contributed by atoms with Crippen LogP contribution in [0, 0.1) is 0 Å². The molecule has 0 amide bonds. The van der Waals surface area contributed by atoms with Gasteiger partial charge in [0.2, 0.25) is 0 Å². The second-order valence-corrected chi connectivity index (χ2v) is 11.2. The molecular weight excluding hydrogens is 371 g/mol. The molecule has 0 N–H and O–H groups in total. The summed E-state index contributed by atoms with van der Waals surface area (Å²) in [6.45, 7) is 5.19. The fourth-order valence-electron chi connectivity index (χ4n) is 2.50. The zero-order valence-electron chi connectivity index (χ0n) is 10.8. The molecule has 0 radical (unpaired) electrons. The molecule has 3 heterocycles. The molecule has 3 aliphatic rings. The van der Waals surface area contributed by atoms with E-state index in [1.165, 1.54) is 5.56 Å². The van der Waals surface area contributed by atoms with E-state index in [0.29, 0.717) is 0 Å². The number of hydrogen-bond acceptors (Lipinski definition) is 4. The van der Waals surface area contributed by atoms with Crippen LogP contribution in [-0.4, -0.2) is 58.6 Å². The van der Waals surface area contributed by atoms with Crippen LogP contribution in [0.25, 0.3) is 0 Å². The third kappa shape index (κ3) is 3.59. The molecule has 3 fully saturated rings. The molecule has 2 bridgehead atoms. The molecular formula is C13H18BrGeNO3. The molecule has 0 spiro atoms. The van der Waals surface area contributed by atoms with Gasteiger partial charge in [-0.2, -0.15) is 0 Å². The van der Waals surface area contributed by atoms with Gasteiger partial charge in [0.1, 0.15) is 0 Å². The molecule has 1 aromatic carbocycles. The van der Waals surface area contributed by atoms with Crippen molar-refractivity contribution in [2.24, 2.45) is 0 Å². The summed E-state index contributed by atoms with van der Waals surface area (Å²) in [4.78, 5) is 2.34. The van der Waals surface area contributed by atoms with Crippen LogP contribution in [0.2, 0.25) is 0 Å². The predicted octanol–water partition coefficient (Wildman–Crippen LogP) is 1.85. The number of fused-ring (bicyclic) bond motifs is 6. The molecule has 0 aliphatic carbocycles. The van der Waals surface area contributed by atoms with Crippen molar-refractivity contribution in [3.05, 3.63) is 34.3 Å². The minimum absolute atomic E-state index is 0.730. The monoisotopic (exact) mass is 389 g/mol. The van der Waals surface area contributed by atoms with E-state index < -0.39 is 14.3 Å². The van der Waals surface area contributed by atoms with Crippen LogP contribution in [0.3, 0.4) is 0 Å². The Balaban J connectivity index is 1.79. The first-order chi connectivity index (χ1) is 9.26. The van der Waals surface area contributed by atoms with Gasteiger partial charge in [0.25, 0.3) is 0 Å². The number of hydrogen-bond donors (Lipinski definition) is 0. The first-order valence-corrected chi connectivity index (χ1v) is 11.5. The molecule has 0 unspecified atom stereocenters. The van der Waals surface area contributed by atoms with E-state index in [1.807, 2.05) is 12.1 Å². The van der Waals surface area contributed by atoms with Crippen molar-refractivity contribution < 1.29 is 11.3 Å². The Bertz CT molecular complexity index is 419. The molecule has 19 heavy (non-hydrogen) atoms. The van der Waals surface area contributed by atoms with Gasteiger partial charge in [-0.25, -0.2) is 0 Å². The van der Waals surface area contributed by atoms with Crippen LogP contribution in [0.5, 0.6) is 0 Å². The molecule has 6 heteroatoms. The van der Waals surface area contributed by atoms with Crippen molar-refractivity contribution in [3.63, 3.8) is 0 Å². The first kappa shape index (κ1) is 14.0. The van der Waals surface area contributed by atoms with Crippen molar-refractivity contribution in [1.29, 1.82) is 0 Å². The molecule has 0 saturated carbocycles. The van der Waals surface area contributed by atoms with Crippen LogP contribution >= 0.6 is 15.9 Å². The van der Waals surface area contributed by atoms with Gasteiger partial charge in [0.15, 0.2) is 0 Å². The van der Waals surface area contributed by atoms with Crippen molar-refractivity contribution in [2.75, 3.05) is 39.5 Å². The molecule has 3 saturated heterocycles. The molecule has 3 aliphatic heterocycles.